The third kappa shape index (κ3) is 3.03. The van der Waals surface area contributed by atoms with Crippen LogP contribution in [0.3, 0.4) is 0 Å². The van der Waals surface area contributed by atoms with Crippen molar-refractivity contribution in [3.63, 3.8) is 0 Å². The van der Waals surface area contributed by atoms with Gasteiger partial charge in [0, 0.05) is 0 Å². The quantitative estimate of drug-likeness (QED) is 0.768. The van der Waals surface area contributed by atoms with E-state index in [1.165, 1.54) is 12.1 Å². The predicted octanol–water partition coefficient (Wildman–Crippen LogP) is 4.01. The molecule has 0 aromatic heterocycles. The number of hydrogen-bond acceptors (Lipinski definition) is 2. The van der Waals surface area contributed by atoms with Gasteiger partial charge < -0.3 is 4.74 Å². The van der Waals surface area contributed by atoms with E-state index in [0.29, 0.717) is 5.56 Å². The molecule has 5 heteroatoms. The summed E-state index contributed by atoms with van der Waals surface area (Å²) >= 11 is 0. The average molecular weight is 260 g/mol. The average Bonchev–Trinajstić information content (AvgIpc) is 2.35. The molecule has 0 aliphatic carbocycles. The molecule has 1 rings (SSSR count). The molecule has 100 valence electrons. The summed E-state index contributed by atoms with van der Waals surface area (Å²) < 4.78 is 42.7. The molecule has 2 nitrogen and oxygen atoms in total. The van der Waals surface area contributed by atoms with Crippen LogP contribution in [0.2, 0.25) is 0 Å². The van der Waals surface area contributed by atoms with Crippen molar-refractivity contribution in [2.45, 2.75) is 32.4 Å². The maximum atomic E-state index is 12.8. The highest BCUT2D eigenvalue weighted by atomic mass is 19.4. The molecule has 0 spiro atoms. The first-order chi connectivity index (χ1) is 8.31. The van der Waals surface area contributed by atoms with Gasteiger partial charge in [0.05, 0.1) is 18.2 Å². The van der Waals surface area contributed by atoms with E-state index < -0.39 is 23.3 Å². The fourth-order valence-electron chi connectivity index (χ4n) is 1.63. The summed E-state index contributed by atoms with van der Waals surface area (Å²) in [6.07, 6.45) is -3.77. The normalized spacial score (nSPS) is 13.2. The fraction of sp³-hybridized carbons (Fsp3) is 0.462. The molecule has 0 N–H and O–H groups in total. The highest BCUT2D eigenvalue weighted by Crippen LogP contribution is 2.34. The number of benzene rings is 1. The Morgan fingerprint density at radius 3 is 2.44 bits per heavy atom. The third-order valence-corrected chi connectivity index (χ3v) is 2.94. The van der Waals surface area contributed by atoms with Gasteiger partial charge in [-0.2, -0.15) is 13.2 Å². The highest BCUT2D eigenvalue weighted by molar-refractivity contribution is 5.91. The van der Waals surface area contributed by atoms with E-state index in [2.05, 4.69) is 4.74 Å². The third-order valence-electron chi connectivity index (χ3n) is 2.94. The number of carbonyl (C=O) groups excluding carboxylic acids is 1. The standard InChI is InChI=1S/C13H15F3O2/c1-4-8(2)9-5-6-11(13(14,15)16)10(7-9)12(17)18-3/h5-8H,4H2,1-3H3. The summed E-state index contributed by atoms with van der Waals surface area (Å²) in [7, 11) is 1.07. The van der Waals surface area contributed by atoms with Crippen molar-refractivity contribution in [2.75, 3.05) is 7.11 Å². The summed E-state index contributed by atoms with van der Waals surface area (Å²) in [5.74, 6) is -0.872. The van der Waals surface area contributed by atoms with Crippen LogP contribution in [-0.2, 0) is 10.9 Å². The molecule has 18 heavy (non-hydrogen) atoms. The minimum atomic E-state index is -4.56. The molecule has 0 fully saturated rings. The van der Waals surface area contributed by atoms with Crippen molar-refractivity contribution in [3.8, 4) is 0 Å². The summed E-state index contributed by atoms with van der Waals surface area (Å²) in [6.45, 7) is 3.82. The second kappa shape index (κ2) is 5.42. The SMILES string of the molecule is CCC(C)c1ccc(C(F)(F)F)c(C(=O)OC)c1. The molecule has 0 aliphatic rings. The van der Waals surface area contributed by atoms with Crippen LogP contribution in [0.5, 0.6) is 0 Å². The summed E-state index contributed by atoms with van der Waals surface area (Å²) in [4.78, 5) is 11.4. The first kappa shape index (κ1) is 14.5. The van der Waals surface area contributed by atoms with Gasteiger partial charge in [-0.15, -0.1) is 0 Å². The Hall–Kier alpha value is -1.52. The monoisotopic (exact) mass is 260 g/mol. The number of halogens is 3. The summed E-state index contributed by atoms with van der Waals surface area (Å²) in [6, 6.07) is 3.61. The minimum absolute atomic E-state index is 0.0932. The molecule has 0 saturated heterocycles. The number of alkyl halides is 3. The van der Waals surface area contributed by atoms with Gasteiger partial charge >= 0.3 is 12.1 Å². The summed E-state index contributed by atoms with van der Waals surface area (Å²) in [5.41, 5.74) is -0.685. The second-order valence-electron chi connectivity index (χ2n) is 4.10. The lowest BCUT2D eigenvalue weighted by atomic mass is 9.94. The maximum Gasteiger partial charge on any atom is 0.417 e. The molecule has 0 heterocycles. The van der Waals surface area contributed by atoms with Gasteiger partial charge in [-0.25, -0.2) is 4.79 Å². The van der Waals surface area contributed by atoms with E-state index >= 15 is 0 Å². The van der Waals surface area contributed by atoms with Gasteiger partial charge in [0.1, 0.15) is 0 Å². The minimum Gasteiger partial charge on any atom is -0.465 e. The molecule has 0 bridgehead atoms. The van der Waals surface area contributed by atoms with E-state index in [9.17, 15) is 18.0 Å². The van der Waals surface area contributed by atoms with Gasteiger partial charge in [-0.05, 0) is 30.0 Å². The van der Waals surface area contributed by atoms with Crippen molar-refractivity contribution in [1.82, 2.24) is 0 Å². The molecule has 1 unspecified atom stereocenters. The lowest BCUT2D eigenvalue weighted by Crippen LogP contribution is -2.15. The molecule has 0 saturated carbocycles. The van der Waals surface area contributed by atoms with Gasteiger partial charge in [-0.1, -0.05) is 19.9 Å². The van der Waals surface area contributed by atoms with Crippen LogP contribution in [0.4, 0.5) is 13.2 Å². The Morgan fingerprint density at radius 1 is 1.39 bits per heavy atom. The molecule has 0 amide bonds. The van der Waals surface area contributed by atoms with Gasteiger partial charge in [-0.3, -0.25) is 0 Å². The number of rotatable bonds is 3. The summed E-state index contributed by atoms with van der Waals surface area (Å²) in [5, 5.41) is 0. The van der Waals surface area contributed by atoms with Crippen molar-refractivity contribution in [3.05, 3.63) is 34.9 Å². The zero-order valence-electron chi connectivity index (χ0n) is 10.5. The number of esters is 1. The number of ether oxygens (including phenoxy) is 1. The zero-order valence-corrected chi connectivity index (χ0v) is 10.5. The number of methoxy groups -OCH3 is 1. The highest BCUT2D eigenvalue weighted by Gasteiger charge is 2.35. The Morgan fingerprint density at radius 2 is 2.00 bits per heavy atom. The van der Waals surface area contributed by atoms with Crippen LogP contribution < -0.4 is 0 Å². The Balaban J connectivity index is 3.34. The van der Waals surface area contributed by atoms with Crippen molar-refractivity contribution in [1.29, 1.82) is 0 Å². The largest absolute Gasteiger partial charge is 0.465 e. The fourth-order valence-corrected chi connectivity index (χ4v) is 1.63. The Kier molecular flexibility index (Phi) is 4.38. The van der Waals surface area contributed by atoms with E-state index in [1.54, 1.807) is 0 Å². The molecular weight excluding hydrogens is 245 g/mol. The van der Waals surface area contributed by atoms with Crippen LogP contribution in [-0.4, -0.2) is 13.1 Å². The van der Waals surface area contributed by atoms with E-state index in [-0.39, 0.29) is 5.92 Å². The van der Waals surface area contributed by atoms with Crippen molar-refractivity contribution < 1.29 is 22.7 Å². The Labute approximate surface area is 104 Å². The van der Waals surface area contributed by atoms with Gasteiger partial charge in [0.25, 0.3) is 0 Å². The van der Waals surface area contributed by atoms with E-state index in [1.807, 2.05) is 13.8 Å². The van der Waals surface area contributed by atoms with Crippen LogP contribution in [0.15, 0.2) is 18.2 Å². The van der Waals surface area contributed by atoms with Crippen LogP contribution in [0, 0.1) is 0 Å². The Bertz CT molecular complexity index is 438. The van der Waals surface area contributed by atoms with Crippen molar-refractivity contribution in [2.24, 2.45) is 0 Å². The predicted molar refractivity (Wildman–Crippen MR) is 61.5 cm³/mol. The number of carbonyl (C=O) groups is 1. The van der Waals surface area contributed by atoms with Crippen LogP contribution >= 0.6 is 0 Å². The van der Waals surface area contributed by atoms with Gasteiger partial charge in [0.2, 0.25) is 0 Å². The molecule has 1 aromatic rings. The molecule has 0 aliphatic heterocycles. The maximum absolute atomic E-state index is 12.8. The lowest BCUT2D eigenvalue weighted by Gasteiger charge is -2.15. The first-order valence-corrected chi connectivity index (χ1v) is 5.60. The van der Waals surface area contributed by atoms with E-state index in [0.717, 1.165) is 19.6 Å². The zero-order chi connectivity index (χ0) is 13.9. The van der Waals surface area contributed by atoms with Crippen molar-refractivity contribution >= 4 is 5.97 Å². The topological polar surface area (TPSA) is 26.3 Å². The second-order valence-corrected chi connectivity index (χ2v) is 4.10. The molecule has 1 aromatic carbocycles. The van der Waals surface area contributed by atoms with E-state index in [4.69, 9.17) is 0 Å². The first-order valence-electron chi connectivity index (χ1n) is 5.60. The smallest absolute Gasteiger partial charge is 0.417 e. The van der Waals surface area contributed by atoms with Crippen LogP contribution in [0.25, 0.3) is 0 Å². The lowest BCUT2D eigenvalue weighted by molar-refractivity contribution is -0.138. The molecule has 1 atom stereocenters. The number of hydrogen-bond donors (Lipinski definition) is 0. The van der Waals surface area contributed by atoms with Gasteiger partial charge in [0.15, 0.2) is 0 Å². The molecule has 0 radical (unpaired) electrons. The molecular formula is C13H15F3O2. The van der Waals surface area contributed by atoms with Crippen LogP contribution in [0.1, 0.15) is 47.7 Å².